The van der Waals surface area contributed by atoms with Crippen molar-refractivity contribution >= 4 is 33.9 Å². The fraction of sp³-hybridized carbons (Fsp3) is 0.421. The first kappa shape index (κ1) is 19.0. The van der Waals surface area contributed by atoms with E-state index in [0.29, 0.717) is 12.6 Å². The molecular weight excluding hydrogens is 371 g/mol. The van der Waals surface area contributed by atoms with E-state index in [2.05, 4.69) is 38.0 Å². The summed E-state index contributed by atoms with van der Waals surface area (Å²) in [6.45, 7) is 5.40. The van der Waals surface area contributed by atoms with Crippen molar-refractivity contribution in [1.29, 1.82) is 0 Å². The molecule has 26 heavy (non-hydrogen) atoms. The summed E-state index contributed by atoms with van der Waals surface area (Å²) < 4.78 is 13.3. The fourth-order valence-corrected chi connectivity index (χ4v) is 4.00. The SMILES string of the molecule is CCNC(=NCc1ccc(F)c(Cl)c1)NC1CCN(c2cccs2)CC1. The van der Waals surface area contributed by atoms with Gasteiger partial charge in [0.05, 0.1) is 16.6 Å². The summed E-state index contributed by atoms with van der Waals surface area (Å²) in [5.41, 5.74) is 0.890. The molecule has 0 saturated carbocycles. The largest absolute Gasteiger partial charge is 0.363 e. The smallest absolute Gasteiger partial charge is 0.191 e. The Hall–Kier alpha value is -1.79. The number of rotatable bonds is 5. The Kier molecular flexibility index (Phi) is 6.74. The first-order valence-corrected chi connectivity index (χ1v) is 10.2. The Balaban J connectivity index is 1.55. The lowest BCUT2D eigenvalue weighted by Crippen LogP contribution is -2.48. The maximum absolute atomic E-state index is 13.3. The lowest BCUT2D eigenvalue weighted by atomic mass is 10.1. The second kappa shape index (κ2) is 9.24. The number of nitrogens with zero attached hydrogens (tertiary/aromatic N) is 2. The van der Waals surface area contributed by atoms with E-state index in [0.717, 1.165) is 44.0 Å². The molecule has 7 heteroatoms. The van der Waals surface area contributed by atoms with Crippen molar-refractivity contribution in [3.8, 4) is 0 Å². The van der Waals surface area contributed by atoms with Crippen LogP contribution < -0.4 is 15.5 Å². The highest BCUT2D eigenvalue weighted by atomic mass is 35.5. The summed E-state index contributed by atoms with van der Waals surface area (Å²) >= 11 is 7.64. The molecule has 2 heterocycles. The van der Waals surface area contributed by atoms with Crippen molar-refractivity contribution in [3.05, 3.63) is 52.1 Å². The van der Waals surface area contributed by atoms with Crippen LogP contribution >= 0.6 is 22.9 Å². The second-order valence-electron chi connectivity index (χ2n) is 6.30. The van der Waals surface area contributed by atoms with Gasteiger partial charge in [-0.25, -0.2) is 9.38 Å². The van der Waals surface area contributed by atoms with Crippen molar-refractivity contribution < 1.29 is 4.39 Å². The summed E-state index contributed by atoms with van der Waals surface area (Å²) in [6, 6.07) is 9.41. The molecule has 0 atom stereocenters. The van der Waals surface area contributed by atoms with Crippen LogP contribution in [-0.2, 0) is 6.54 Å². The van der Waals surface area contributed by atoms with Crippen LogP contribution in [0.15, 0.2) is 40.7 Å². The normalized spacial score (nSPS) is 16.0. The monoisotopic (exact) mass is 394 g/mol. The molecule has 1 aliphatic heterocycles. The molecule has 0 spiro atoms. The van der Waals surface area contributed by atoms with Gasteiger partial charge in [-0.15, -0.1) is 11.3 Å². The number of anilines is 1. The minimum atomic E-state index is -0.401. The molecule has 0 aliphatic carbocycles. The average molecular weight is 395 g/mol. The molecule has 4 nitrogen and oxygen atoms in total. The summed E-state index contributed by atoms with van der Waals surface area (Å²) in [5.74, 6) is 0.393. The van der Waals surface area contributed by atoms with Gasteiger partial charge in [0.25, 0.3) is 0 Å². The number of guanidine groups is 1. The summed E-state index contributed by atoms with van der Waals surface area (Å²) in [6.07, 6.45) is 2.15. The van der Waals surface area contributed by atoms with Gasteiger partial charge in [-0.3, -0.25) is 0 Å². The van der Waals surface area contributed by atoms with E-state index in [1.807, 2.05) is 6.92 Å². The van der Waals surface area contributed by atoms with Gasteiger partial charge in [0.1, 0.15) is 5.82 Å². The van der Waals surface area contributed by atoms with E-state index in [9.17, 15) is 4.39 Å². The molecule has 0 radical (unpaired) electrons. The molecule has 1 aromatic heterocycles. The molecule has 2 N–H and O–H groups in total. The van der Waals surface area contributed by atoms with Crippen LogP contribution in [-0.4, -0.2) is 31.6 Å². The quantitative estimate of drug-likeness (QED) is 0.587. The number of hydrogen-bond acceptors (Lipinski definition) is 3. The second-order valence-corrected chi connectivity index (χ2v) is 7.63. The number of thiophene rings is 1. The molecule has 140 valence electrons. The minimum Gasteiger partial charge on any atom is -0.363 e. The van der Waals surface area contributed by atoms with Gasteiger partial charge in [0.15, 0.2) is 5.96 Å². The van der Waals surface area contributed by atoms with Crippen molar-refractivity contribution in [2.45, 2.75) is 32.4 Å². The van der Waals surface area contributed by atoms with Gasteiger partial charge in [-0.05, 0) is 55.0 Å². The first-order valence-electron chi connectivity index (χ1n) is 8.93. The number of nitrogens with one attached hydrogen (secondary N) is 2. The molecule has 1 fully saturated rings. The molecule has 1 saturated heterocycles. The van der Waals surface area contributed by atoms with Crippen molar-refractivity contribution in [2.24, 2.45) is 4.99 Å². The van der Waals surface area contributed by atoms with E-state index < -0.39 is 5.82 Å². The Bertz CT molecular complexity index is 727. The number of benzene rings is 1. The van der Waals surface area contributed by atoms with Crippen LogP contribution in [0.2, 0.25) is 5.02 Å². The van der Waals surface area contributed by atoms with Crippen LogP contribution in [0, 0.1) is 5.82 Å². The average Bonchev–Trinajstić information content (AvgIpc) is 3.18. The van der Waals surface area contributed by atoms with E-state index in [1.165, 1.54) is 11.1 Å². The van der Waals surface area contributed by atoms with Gasteiger partial charge in [0, 0.05) is 25.7 Å². The molecule has 2 aromatic rings. The maximum Gasteiger partial charge on any atom is 0.191 e. The van der Waals surface area contributed by atoms with Crippen molar-refractivity contribution in [3.63, 3.8) is 0 Å². The van der Waals surface area contributed by atoms with Crippen LogP contribution in [0.3, 0.4) is 0 Å². The standard InChI is InChI=1S/C19H24ClFN4S/c1-2-22-19(23-13-14-5-6-17(21)16(20)12-14)24-15-7-9-25(10-8-15)18-4-3-11-26-18/h3-6,11-12,15H,2,7-10,13H2,1H3,(H2,22,23,24). The number of aliphatic imine (C=N–C) groups is 1. The highest BCUT2D eigenvalue weighted by Gasteiger charge is 2.20. The summed E-state index contributed by atoms with van der Waals surface area (Å²) in [7, 11) is 0. The zero-order valence-corrected chi connectivity index (χ0v) is 16.4. The number of piperidine rings is 1. The predicted molar refractivity (Wildman–Crippen MR) is 109 cm³/mol. The van der Waals surface area contributed by atoms with Crippen LogP contribution in [0.4, 0.5) is 9.39 Å². The summed E-state index contributed by atoms with van der Waals surface area (Å²) in [5, 5.41) is 10.4. The topological polar surface area (TPSA) is 39.7 Å². The zero-order valence-electron chi connectivity index (χ0n) is 14.8. The third-order valence-corrected chi connectivity index (χ3v) is 5.62. The molecule has 0 unspecified atom stereocenters. The van der Waals surface area contributed by atoms with Gasteiger partial charge in [-0.2, -0.15) is 0 Å². The van der Waals surface area contributed by atoms with Crippen LogP contribution in [0.5, 0.6) is 0 Å². The van der Waals surface area contributed by atoms with Crippen LogP contribution in [0.1, 0.15) is 25.3 Å². The number of hydrogen-bond donors (Lipinski definition) is 2. The lowest BCUT2D eigenvalue weighted by Gasteiger charge is -2.33. The third-order valence-electron chi connectivity index (χ3n) is 4.40. The van der Waals surface area contributed by atoms with Gasteiger partial charge < -0.3 is 15.5 Å². The van der Waals surface area contributed by atoms with Crippen molar-refractivity contribution in [2.75, 3.05) is 24.5 Å². The molecule has 3 rings (SSSR count). The van der Waals surface area contributed by atoms with Crippen LogP contribution in [0.25, 0.3) is 0 Å². The fourth-order valence-electron chi connectivity index (χ4n) is 3.02. The molecule has 0 bridgehead atoms. The first-order chi connectivity index (χ1) is 12.7. The Labute approximate surface area is 163 Å². The predicted octanol–water partition coefficient (Wildman–Crippen LogP) is 4.26. The molecule has 1 aromatic carbocycles. The van der Waals surface area contributed by atoms with E-state index in [-0.39, 0.29) is 5.02 Å². The van der Waals surface area contributed by atoms with Gasteiger partial charge >= 0.3 is 0 Å². The van der Waals surface area contributed by atoms with E-state index >= 15 is 0 Å². The minimum absolute atomic E-state index is 0.136. The highest BCUT2D eigenvalue weighted by molar-refractivity contribution is 7.14. The van der Waals surface area contributed by atoms with E-state index in [1.54, 1.807) is 23.5 Å². The van der Waals surface area contributed by atoms with Gasteiger partial charge in [-0.1, -0.05) is 17.7 Å². The Morgan fingerprint density at radius 2 is 2.15 bits per heavy atom. The Morgan fingerprint density at radius 1 is 1.35 bits per heavy atom. The van der Waals surface area contributed by atoms with E-state index in [4.69, 9.17) is 11.6 Å². The van der Waals surface area contributed by atoms with Gasteiger partial charge in [0.2, 0.25) is 0 Å². The Morgan fingerprint density at radius 3 is 2.81 bits per heavy atom. The summed E-state index contributed by atoms with van der Waals surface area (Å²) in [4.78, 5) is 7.06. The molecule has 1 aliphatic rings. The van der Waals surface area contributed by atoms with Crippen molar-refractivity contribution in [1.82, 2.24) is 10.6 Å². The zero-order chi connectivity index (χ0) is 18.4. The maximum atomic E-state index is 13.3. The molecule has 0 amide bonds. The highest BCUT2D eigenvalue weighted by Crippen LogP contribution is 2.24. The third kappa shape index (κ3) is 5.11. The lowest BCUT2D eigenvalue weighted by molar-refractivity contribution is 0.463. The molecular formula is C19H24ClFN4S. The number of halogens is 2.